The Morgan fingerprint density at radius 1 is 1.45 bits per heavy atom. The second kappa shape index (κ2) is 7.27. The highest BCUT2D eigenvalue weighted by molar-refractivity contribution is 5.94. The highest BCUT2D eigenvalue weighted by atomic mass is 16.1. The number of amides is 1. The minimum Gasteiger partial charge on any atom is -0.370 e. The molecule has 0 aliphatic heterocycles. The van der Waals surface area contributed by atoms with Gasteiger partial charge >= 0.3 is 0 Å². The van der Waals surface area contributed by atoms with Crippen molar-refractivity contribution in [3.63, 3.8) is 0 Å². The van der Waals surface area contributed by atoms with E-state index in [0.717, 1.165) is 37.5 Å². The Morgan fingerprint density at radius 3 is 2.90 bits per heavy atom. The quantitative estimate of drug-likeness (QED) is 0.766. The van der Waals surface area contributed by atoms with Crippen molar-refractivity contribution in [3.8, 4) is 0 Å². The smallest absolute Gasteiger partial charge is 0.251 e. The Morgan fingerprint density at radius 2 is 2.25 bits per heavy atom. The summed E-state index contributed by atoms with van der Waals surface area (Å²) in [5.41, 5.74) is 0.688. The molecule has 0 aromatic carbocycles. The fourth-order valence-corrected chi connectivity index (χ4v) is 2.27. The summed E-state index contributed by atoms with van der Waals surface area (Å²) in [6, 6.07) is 3.90. The molecule has 1 heterocycles. The van der Waals surface area contributed by atoms with Crippen LogP contribution in [0.5, 0.6) is 0 Å². The molecular formula is C16H25N3O. The fraction of sp³-hybridized carbons (Fsp3) is 0.625. The third-order valence-electron chi connectivity index (χ3n) is 3.72. The maximum Gasteiger partial charge on any atom is 0.251 e. The Bertz CT molecular complexity index is 443. The monoisotopic (exact) mass is 275 g/mol. The van der Waals surface area contributed by atoms with Gasteiger partial charge in [0, 0.05) is 24.3 Å². The molecule has 1 atom stereocenters. The van der Waals surface area contributed by atoms with Gasteiger partial charge in [0.05, 0.1) is 0 Å². The lowest BCUT2D eigenvalue weighted by Gasteiger charge is -2.17. The van der Waals surface area contributed by atoms with Crippen molar-refractivity contribution in [1.82, 2.24) is 10.3 Å². The van der Waals surface area contributed by atoms with E-state index in [9.17, 15) is 4.79 Å². The first-order valence-corrected chi connectivity index (χ1v) is 7.73. The second-order valence-corrected chi connectivity index (χ2v) is 5.61. The Balaban J connectivity index is 1.92. The van der Waals surface area contributed by atoms with Crippen LogP contribution < -0.4 is 10.6 Å². The van der Waals surface area contributed by atoms with Crippen molar-refractivity contribution >= 4 is 11.7 Å². The molecular weight excluding hydrogens is 250 g/mol. The van der Waals surface area contributed by atoms with Gasteiger partial charge in [0.15, 0.2) is 0 Å². The molecule has 4 heteroatoms. The molecule has 4 nitrogen and oxygen atoms in total. The number of rotatable bonds is 8. The summed E-state index contributed by atoms with van der Waals surface area (Å²) >= 11 is 0. The lowest BCUT2D eigenvalue weighted by atomic mass is 10.1. The molecule has 1 aromatic rings. The Hall–Kier alpha value is -1.58. The third-order valence-corrected chi connectivity index (χ3v) is 3.72. The maximum absolute atomic E-state index is 12.3. The molecule has 0 bridgehead atoms. The molecule has 0 saturated heterocycles. The van der Waals surface area contributed by atoms with Gasteiger partial charge in [-0.15, -0.1) is 0 Å². The highest BCUT2D eigenvalue weighted by Gasteiger charge is 2.25. The van der Waals surface area contributed by atoms with E-state index in [1.54, 1.807) is 12.3 Å². The molecule has 20 heavy (non-hydrogen) atoms. The summed E-state index contributed by atoms with van der Waals surface area (Å²) < 4.78 is 0. The van der Waals surface area contributed by atoms with Gasteiger partial charge in [-0.2, -0.15) is 0 Å². The number of hydrogen-bond donors (Lipinski definition) is 2. The SMILES string of the molecule is CCCNc1cc(C(=O)NC(CC)CC2CC2)ccn1. The van der Waals surface area contributed by atoms with Crippen LogP contribution >= 0.6 is 0 Å². The largest absolute Gasteiger partial charge is 0.370 e. The van der Waals surface area contributed by atoms with Crippen LogP contribution in [0.4, 0.5) is 5.82 Å². The van der Waals surface area contributed by atoms with Gasteiger partial charge in [0.2, 0.25) is 0 Å². The molecule has 110 valence electrons. The maximum atomic E-state index is 12.3. The number of pyridine rings is 1. The van der Waals surface area contributed by atoms with Crippen LogP contribution in [0.2, 0.25) is 0 Å². The van der Waals surface area contributed by atoms with Crippen LogP contribution in [0.1, 0.15) is 56.3 Å². The standard InChI is InChI=1S/C16H25N3O/c1-3-8-17-15-11-13(7-9-18-15)16(20)19-14(4-2)10-12-5-6-12/h7,9,11-12,14H,3-6,8,10H2,1-2H3,(H,17,18)(H,19,20). The summed E-state index contributed by atoms with van der Waals surface area (Å²) in [5.74, 6) is 1.62. The van der Waals surface area contributed by atoms with E-state index in [2.05, 4.69) is 29.5 Å². The molecule has 2 rings (SSSR count). The summed E-state index contributed by atoms with van der Waals surface area (Å²) in [6.07, 6.45) is 7.49. The Kier molecular flexibility index (Phi) is 5.39. The van der Waals surface area contributed by atoms with Crippen molar-refractivity contribution < 1.29 is 4.79 Å². The van der Waals surface area contributed by atoms with Gasteiger partial charge in [0.1, 0.15) is 5.82 Å². The molecule has 2 N–H and O–H groups in total. The van der Waals surface area contributed by atoms with Gasteiger partial charge in [-0.3, -0.25) is 4.79 Å². The van der Waals surface area contributed by atoms with Crippen LogP contribution in [0.15, 0.2) is 18.3 Å². The van der Waals surface area contributed by atoms with E-state index in [-0.39, 0.29) is 5.91 Å². The van der Waals surface area contributed by atoms with Crippen LogP contribution in [0.3, 0.4) is 0 Å². The van der Waals surface area contributed by atoms with Crippen molar-refractivity contribution in [2.75, 3.05) is 11.9 Å². The van der Waals surface area contributed by atoms with Gasteiger partial charge in [-0.1, -0.05) is 26.7 Å². The topological polar surface area (TPSA) is 54.0 Å². The summed E-state index contributed by atoms with van der Waals surface area (Å²) in [6.45, 7) is 5.11. The lowest BCUT2D eigenvalue weighted by molar-refractivity contribution is 0.0932. The average Bonchev–Trinajstić information content (AvgIpc) is 3.28. The third kappa shape index (κ3) is 4.51. The van der Waals surface area contributed by atoms with Gasteiger partial charge in [0.25, 0.3) is 5.91 Å². The molecule has 1 saturated carbocycles. The summed E-state index contributed by atoms with van der Waals surface area (Å²) in [4.78, 5) is 16.5. The van der Waals surface area contributed by atoms with Gasteiger partial charge in [-0.05, 0) is 37.3 Å². The zero-order valence-electron chi connectivity index (χ0n) is 12.5. The number of nitrogens with one attached hydrogen (secondary N) is 2. The van der Waals surface area contributed by atoms with Crippen molar-refractivity contribution in [3.05, 3.63) is 23.9 Å². The van der Waals surface area contributed by atoms with Crippen molar-refractivity contribution in [1.29, 1.82) is 0 Å². The molecule has 1 aromatic heterocycles. The average molecular weight is 275 g/mol. The van der Waals surface area contributed by atoms with Crippen LogP contribution in [0, 0.1) is 5.92 Å². The van der Waals surface area contributed by atoms with Crippen molar-refractivity contribution in [2.45, 2.75) is 52.0 Å². The van der Waals surface area contributed by atoms with Gasteiger partial charge in [-0.25, -0.2) is 4.98 Å². The number of aromatic nitrogens is 1. The van der Waals surface area contributed by atoms with E-state index in [0.29, 0.717) is 11.6 Å². The normalized spacial score (nSPS) is 15.7. The van der Waals surface area contributed by atoms with E-state index >= 15 is 0 Å². The number of carbonyl (C=O) groups excluding carboxylic acids is 1. The van der Waals surface area contributed by atoms with E-state index < -0.39 is 0 Å². The molecule has 1 aliphatic carbocycles. The molecule has 0 spiro atoms. The van der Waals surface area contributed by atoms with Crippen LogP contribution in [-0.2, 0) is 0 Å². The molecule has 0 radical (unpaired) electrons. The molecule has 1 amide bonds. The number of carbonyl (C=O) groups is 1. The molecule has 1 aliphatic rings. The molecule has 1 fully saturated rings. The zero-order valence-corrected chi connectivity index (χ0v) is 12.5. The lowest BCUT2D eigenvalue weighted by Crippen LogP contribution is -2.34. The zero-order chi connectivity index (χ0) is 14.4. The summed E-state index contributed by atoms with van der Waals surface area (Å²) in [5, 5.41) is 6.35. The number of hydrogen-bond acceptors (Lipinski definition) is 3. The van der Waals surface area contributed by atoms with Crippen LogP contribution in [-0.4, -0.2) is 23.5 Å². The fourth-order valence-electron chi connectivity index (χ4n) is 2.27. The molecule has 1 unspecified atom stereocenters. The van der Waals surface area contributed by atoms with E-state index in [4.69, 9.17) is 0 Å². The second-order valence-electron chi connectivity index (χ2n) is 5.61. The minimum atomic E-state index is 0.0134. The first-order chi connectivity index (χ1) is 9.72. The predicted molar refractivity (Wildman–Crippen MR) is 81.9 cm³/mol. The Labute approximate surface area is 121 Å². The first kappa shape index (κ1) is 14.8. The van der Waals surface area contributed by atoms with E-state index in [1.165, 1.54) is 12.8 Å². The van der Waals surface area contributed by atoms with Crippen molar-refractivity contribution in [2.24, 2.45) is 5.92 Å². The van der Waals surface area contributed by atoms with Crippen LogP contribution in [0.25, 0.3) is 0 Å². The minimum absolute atomic E-state index is 0.0134. The number of anilines is 1. The predicted octanol–water partition coefficient (Wildman–Crippen LogP) is 3.21. The van der Waals surface area contributed by atoms with Gasteiger partial charge < -0.3 is 10.6 Å². The first-order valence-electron chi connectivity index (χ1n) is 7.73. The highest BCUT2D eigenvalue weighted by Crippen LogP contribution is 2.34. The number of nitrogens with zero attached hydrogens (tertiary/aromatic N) is 1. The summed E-state index contributed by atoms with van der Waals surface area (Å²) in [7, 11) is 0. The van der Waals surface area contributed by atoms with E-state index in [1.807, 2.05) is 6.07 Å².